The Labute approximate surface area is 128 Å². The van der Waals surface area contributed by atoms with Gasteiger partial charge in [0, 0.05) is 17.0 Å². The Kier molecular flexibility index (Phi) is 7.33. The van der Waals surface area contributed by atoms with Crippen molar-refractivity contribution >= 4 is 29.3 Å². The van der Waals surface area contributed by atoms with E-state index in [1.165, 1.54) is 4.90 Å². The molecule has 0 radical (unpaired) electrons. The molecule has 112 valence electrons. The molecule has 0 bridgehead atoms. The predicted molar refractivity (Wildman–Crippen MR) is 82.1 cm³/mol. The number of amides is 1. The van der Waals surface area contributed by atoms with E-state index in [2.05, 4.69) is 0 Å². The minimum Gasteiger partial charge on any atom is -0.466 e. The molecule has 0 spiro atoms. The number of carbonyl (C=O) groups excluding carboxylic acids is 2. The zero-order chi connectivity index (χ0) is 15.7. The third-order valence-electron chi connectivity index (χ3n) is 2.76. The molecule has 0 heterocycles. The molecule has 0 aliphatic rings. The number of benzene rings is 1. The number of nitrogens with zero attached hydrogens (tertiary/aromatic N) is 2. The largest absolute Gasteiger partial charge is 0.466 e. The first kappa shape index (κ1) is 17.1. The summed E-state index contributed by atoms with van der Waals surface area (Å²) < 4.78 is 4.79. The summed E-state index contributed by atoms with van der Waals surface area (Å²) >= 11 is 1.60. The van der Waals surface area contributed by atoms with Crippen LogP contribution in [0.3, 0.4) is 0 Å². The minimum absolute atomic E-state index is 0.0253. The second kappa shape index (κ2) is 9.03. The lowest BCUT2D eigenvalue weighted by Gasteiger charge is -2.19. The van der Waals surface area contributed by atoms with Crippen molar-refractivity contribution in [1.82, 2.24) is 0 Å². The molecule has 0 atom stereocenters. The maximum atomic E-state index is 12.2. The number of ether oxygens (including phenoxy) is 1. The van der Waals surface area contributed by atoms with Gasteiger partial charge in [-0.1, -0.05) is 0 Å². The summed E-state index contributed by atoms with van der Waals surface area (Å²) in [6, 6.07) is 9.35. The molecule has 0 aromatic heterocycles. The number of carbonyl (C=O) groups is 2. The zero-order valence-corrected chi connectivity index (χ0v) is 13.0. The van der Waals surface area contributed by atoms with E-state index in [1.54, 1.807) is 30.8 Å². The van der Waals surface area contributed by atoms with Crippen LogP contribution in [0, 0.1) is 11.3 Å². The van der Waals surface area contributed by atoms with Gasteiger partial charge in [0.2, 0.25) is 5.91 Å². The molecule has 0 aliphatic heterocycles. The summed E-state index contributed by atoms with van der Waals surface area (Å²) in [5.74, 6) is -0.665. The summed E-state index contributed by atoms with van der Waals surface area (Å²) in [6.45, 7) is 1.97. The van der Waals surface area contributed by atoms with Gasteiger partial charge in [-0.25, -0.2) is 0 Å². The number of hydrogen-bond donors (Lipinski definition) is 0. The monoisotopic (exact) mass is 306 g/mol. The molecular formula is C15H18N2O3S. The predicted octanol–water partition coefficient (Wildman–Crippen LogP) is 2.61. The van der Waals surface area contributed by atoms with Crippen molar-refractivity contribution in [3.8, 4) is 6.07 Å². The lowest BCUT2D eigenvalue weighted by molar-refractivity contribution is -0.144. The highest BCUT2D eigenvalue weighted by Gasteiger charge is 2.17. The smallest absolute Gasteiger partial charge is 0.306 e. The van der Waals surface area contributed by atoms with Gasteiger partial charge in [0.15, 0.2) is 0 Å². The van der Waals surface area contributed by atoms with Crippen LogP contribution in [0.4, 0.5) is 5.69 Å². The summed E-state index contributed by atoms with van der Waals surface area (Å²) in [5.41, 5.74) is 0.656. The summed E-state index contributed by atoms with van der Waals surface area (Å²) in [4.78, 5) is 25.9. The molecule has 1 amide bonds. The van der Waals surface area contributed by atoms with Gasteiger partial charge in [-0.2, -0.15) is 5.26 Å². The summed E-state index contributed by atoms with van der Waals surface area (Å²) in [6.07, 6.45) is 2.02. The Morgan fingerprint density at radius 2 is 1.95 bits per heavy atom. The normalized spacial score (nSPS) is 9.76. The van der Waals surface area contributed by atoms with Crippen LogP contribution in [0.15, 0.2) is 29.2 Å². The van der Waals surface area contributed by atoms with Crippen LogP contribution >= 0.6 is 11.8 Å². The maximum Gasteiger partial charge on any atom is 0.306 e. The molecule has 1 rings (SSSR count). The van der Waals surface area contributed by atoms with E-state index in [4.69, 9.17) is 10.00 Å². The molecule has 1 aromatic carbocycles. The van der Waals surface area contributed by atoms with Crippen molar-refractivity contribution < 1.29 is 14.3 Å². The van der Waals surface area contributed by atoms with Crippen LogP contribution < -0.4 is 4.90 Å². The van der Waals surface area contributed by atoms with E-state index in [9.17, 15) is 9.59 Å². The van der Waals surface area contributed by atoms with Crippen molar-refractivity contribution in [3.05, 3.63) is 24.3 Å². The third kappa shape index (κ3) is 5.48. The molecule has 5 nitrogen and oxygen atoms in total. The summed E-state index contributed by atoms with van der Waals surface area (Å²) in [7, 11) is 0. The molecule has 0 aliphatic carbocycles. The van der Waals surface area contributed by atoms with Crippen LogP contribution in [0.25, 0.3) is 0 Å². The highest BCUT2D eigenvalue weighted by Crippen LogP contribution is 2.21. The standard InChI is InChI=1S/C15H18N2O3S/c1-3-20-15(19)9-8-14(18)17(11-10-16)12-4-6-13(21-2)7-5-12/h4-7H,3,8-9,11H2,1-2H3. The van der Waals surface area contributed by atoms with Gasteiger partial charge in [0.25, 0.3) is 0 Å². The Hall–Kier alpha value is -2.00. The SMILES string of the molecule is CCOC(=O)CCC(=O)N(CC#N)c1ccc(SC)cc1. The molecular weight excluding hydrogens is 288 g/mol. The van der Waals surface area contributed by atoms with E-state index in [-0.39, 0.29) is 25.3 Å². The number of rotatable bonds is 7. The molecule has 0 N–H and O–H groups in total. The van der Waals surface area contributed by atoms with E-state index in [1.807, 2.05) is 24.5 Å². The van der Waals surface area contributed by atoms with Gasteiger partial charge in [0.05, 0.1) is 19.1 Å². The topological polar surface area (TPSA) is 70.4 Å². The van der Waals surface area contributed by atoms with E-state index >= 15 is 0 Å². The number of nitriles is 1. The fourth-order valence-corrected chi connectivity index (χ4v) is 2.14. The highest BCUT2D eigenvalue weighted by atomic mass is 32.2. The van der Waals surface area contributed by atoms with E-state index in [0.717, 1.165) is 4.90 Å². The number of thioether (sulfide) groups is 1. The van der Waals surface area contributed by atoms with Crippen molar-refractivity contribution in [3.63, 3.8) is 0 Å². The average molecular weight is 306 g/mol. The maximum absolute atomic E-state index is 12.2. The third-order valence-corrected chi connectivity index (χ3v) is 3.51. The Balaban J connectivity index is 2.73. The van der Waals surface area contributed by atoms with Gasteiger partial charge in [-0.05, 0) is 37.4 Å². The van der Waals surface area contributed by atoms with E-state index in [0.29, 0.717) is 12.3 Å². The summed E-state index contributed by atoms with van der Waals surface area (Å²) in [5, 5.41) is 8.87. The van der Waals surface area contributed by atoms with Gasteiger partial charge < -0.3 is 4.74 Å². The fraction of sp³-hybridized carbons (Fsp3) is 0.400. The van der Waals surface area contributed by atoms with Crippen LogP contribution in [0.5, 0.6) is 0 Å². The second-order valence-electron chi connectivity index (χ2n) is 4.14. The molecule has 0 fully saturated rings. The Morgan fingerprint density at radius 1 is 1.29 bits per heavy atom. The second-order valence-corrected chi connectivity index (χ2v) is 5.02. The van der Waals surface area contributed by atoms with Crippen LogP contribution in [0.2, 0.25) is 0 Å². The van der Waals surface area contributed by atoms with Crippen LogP contribution in [-0.4, -0.2) is 31.3 Å². The van der Waals surface area contributed by atoms with Crippen LogP contribution in [0.1, 0.15) is 19.8 Å². The molecule has 6 heteroatoms. The van der Waals surface area contributed by atoms with Crippen molar-refractivity contribution in [2.45, 2.75) is 24.7 Å². The minimum atomic E-state index is -0.402. The lowest BCUT2D eigenvalue weighted by atomic mass is 10.2. The number of hydrogen-bond acceptors (Lipinski definition) is 5. The van der Waals surface area contributed by atoms with Gasteiger partial charge in [0.1, 0.15) is 6.54 Å². The van der Waals surface area contributed by atoms with Crippen molar-refractivity contribution in [1.29, 1.82) is 5.26 Å². The molecule has 0 unspecified atom stereocenters. The molecule has 21 heavy (non-hydrogen) atoms. The van der Waals surface area contributed by atoms with Gasteiger partial charge >= 0.3 is 5.97 Å². The molecule has 0 saturated carbocycles. The fourth-order valence-electron chi connectivity index (χ4n) is 1.73. The number of anilines is 1. The quantitative estimate of drug-likeness (QED) is 0.440. The Bertz CT molecular complexity index is 523. The first-order valence-electron chi connectivity index (χ1n) is 6.59. The zero-order valence-electron chi connectivity index (χ0n) is 12.2. The highest BCUT2D eigenvalue weighted by molar-refractivity contribution is 7.98. The van der Waals surface area contributed by atoms with Crippen molar-refractivity contribution in [2.75, 3.05) is 24.3 Å². The first-order valence-corrected chi connectivity index (χ1v) is 7.81. The van der Waals surface area contributed by atoms with E-state index < -0.39 is 5.97 Å². The van der Waals surface area contributed by atoms with Crippen molar-refractivity contribution in [2.24, 2.45) is 0 Å². The number of esters is 1. The molecule has 0 saturated heterocycles. The van der Waals surface area contributed by atoms with Gasteiger partial charge in [-0.15, -0.1) is 11.8 Å². The lowest BCUT2D eigenvalue weighted by Crippen LogP contribution is -2.31. The van der Waals surface area contributed by atoms with Crippen LogP contribution in [-0.2, 0) is 14.3 Å². The molecule has 1 aromatic rings. The van der Waals surface area contributed by atoms with Gasteiger partial charge in [-0.3, -0.25) is 14.5 Å². The first-order chi connectivity index (χ1) is 10.1. The Morgan fingerprint density at radius 3 is 2.48 bits per heavy atom. The average Bonchev–Trinajstić information content (AvgIpc) is 2.51.